The lowest BCUT2D eigenvalue weighted by Crippen LogP contribution is -2.53. The van der Waals surface area contributed by atoms with Gasteiger partial charge in [-0.1, -0.05) is 19.1 Å². The normalized spacial score (nSPS) is 22.1. The highest BCUT2D eigenvalue weighted by atomic mass is 16.4. The summed E-state index contributed by atoms with van der Waals surface area (Å²) in [6.07, 6.45) is 3.06. The van der Waals surface area contributed by atoms with Crippen molar-refractivity contribution in [3.05, 3.63) is 35.9 Å². The summed E-state index contributed by atoms with van der Waals surface area (Å²) >= 11 is 0. The number of benzene rings is 2. The lowest BCUT2D eigenvalue weighted by Gasteiger charge is -2.34. The molecule has 0 radical (unpaired) electrons. The summed E-state index contributed by atoms with van der Waals surface area (Å²) in [6, 6.07) is 9.04. The van der Waals surface area contributed by atoms with Crippen molar-refractivity contribution in [1.29, 1.82) is 0 Å². The van der Waals surface area contributed by atoms with Gasteiger partial charge in [0.15, 0.2) is 0 Å². The molecule has 0 spiro atoms. The minimum absolute atomic E-state index is 0.206. The Morgan fingerprint density at radius 1 is 1.15 bits per heavy atom. The number of amides is 3. The average molecular weight is 450 g/mol. The van der Waals surface area contributed by atoms with Crippen LogP contribution in [0, 0.1) is 11.8 Å². The summed E-state index contributed by atoms with van der Waals surface area (Å²) in [4.78, 5) is 52.5. The molecule has 3 aliphatic rings. The smallest absolute Gasteiger partial charge is 0.306 e. The molecular formula is C25H27N3O5. The predicted octanol–water partition coefficient (Wildman–Crippen LogP) is 2.93. The molecule has 2 fully saturated rings. The van der Waals surface area contributed by atoms with E-state index in [0.29, 0.717) is 24.3 Å². The van der Waals surface area contributed by atoms with E-state index in [4.69, 9.17) is 0 Å². The summed E-state index contributed by atoms with van der Waals surface area (Å²) < 4.78 is 0. The van der Waals surface area contributed by atoms with Gasteiger partial charge in [0.25, 0.3) is 5.91 Å². The third kappa shape index (κ3) is 3.73. The van der Waals surface area contributed by atoms with Crippen molar-refractivity contribution in [2.45, 2.75) is 45.1 Å². The second kappa shape index (κ2) is 8.17. The summed E-state index contributed by atoms with van der Waals surface area (Å²) in [7, 11) is 0. The monoisotopic (exact) mass is 449 g/mol. The Morgan fingerprint density at radius 3 is 2.61 bits per heavy atom. The molecule has 2 aromatic rings. The van der Waals surface area contributed by atoms with Gasteiger partial charge in [0, 0.05) is 30.6 Å². The van der Waals surface area contributed by atoms with Crippen LogP contribution < -0.4 is 15.1 Å². The van der Waals surface area contributed by atoms with Crippen molar-refractivity contribution in [3.8, 4) is 0 Å². The van der Waals surface area contributed by atoms with Crippen LogP contribution in [0.4, 0.5) is 11.4 Å². The maximum absolute atomic E-state index is 13.5. The number of carboxylic acid groups (broad SMARTS) is 1. The zero-order valence-corrected chi connectivity index (χ0v) is 18.5. The van der Waals surface area contributed by atoms with Crippen LogP contribution in [0.3, 0.4) is 0 Å². The molecule has 33 heavy (non-hydrogen) atoms. The van der Waals surface area contributed by atoms with Gasteiger partial charge in [-0.25, -0.2) is 0 Å². The number of nitrogens with zero attached hydrogens (tertiary/aromatic N) is 2. The summed E-state index contributed by atoms with van der Waals surface area (Å²) in [5.41, 5.74) is 2.28. The lowest BCUT2D eigenvalue weighted by atomic mass is 9.87. The molecular weight excluding hydrogens is 422 g/mol. The van der Waals surface area contributed by atoms with E-state index in [9.17, 15) is 24.3 Å². The van der Waals surface area contributed by atoms with Gasteiger partial charge < -0.3 is 10.0 Å². The van der Waals surface area contributed by atoms with Crippen molar-refractivity contribution in [2.75, 3.05) is 22.9 Å². The molecule has 2 saturated heterocycles. The Labute approximate surface area is 191 Å². The molecule has 0 saturated carbocycles. The summed E-state index contributed by atoms with van der Waals surface area (Å²) in [5.74, 6) is -1.63. The highest BCUT2D eigenvalue weighted by Crippen LogP contribution is 2.42. The molecule has 172 valence electrons. The van der Waals surface area contributed by atoms with Crippen LogP contribution in [0.5, 0.6) is 0 Å². The number of nitrogens with one attached hydrogen (secondary N) is 1. The number of hydrogen-bond donors (Lipinski definition) is 2. The zero-order chi connectivity index (χ0) is 23.3. The topological polar surface area (TPSA) is 107 Å². The Balaban J connectivity index is 1.40. The van der Waals surface area contributed by atoms with E-state index in [2.05, 4.69) is 16.3 Å². The van der Waals surface area contributed by atoms with Crippen molar-refractivity contribution in [3.63, 3.8) is 0 Å². The first kappa shape index (κ1) is 21.4. The molecule has 0 aromatic heterocycles. The van der Waals surface area contributed by atoms with Crippen LogP contribution in [0.2, 0.25) is 0 Å². The third-order valence-corrected chi connectivity index (χ3v) is 7.26. The van der Waals surface area contributed by atoms with E-state index < -0.39 is 17.9 Å². The van der Waals surface area contributed by atoms with Gasteiger partial charge in [0.2, 0.25) is 11.8 Å². The van der Waals surface area contributed by atoms with Crippen LogP contribution in [0.25, 0.3) is 10.8 Å². The highest BCUT2D eigenvalue weighted by Gasteiger charge is 2.41. The maximum Gasteiger partial charge on any atom is 0.306 e. The first-order chi connectivity index (χ1) is 15.8. The largest absolute Gasteiger partial charge is 0.481 e. The van der Waals surface area contributed by atoms with Crippen LogP contribution in [-0.4, -0.2) is 47.9 Å². The molecule has 2 N–H and O–H groups in total. The molecule has 8 heteroatoms. The molecule has 2 atom stereocenters. The number of carbonyl (C=O) groups excluding carboxylic acids is 3. The Morgan fingerprint density at radius 2 is 1.91 bits per heavy atom. The quantitative estimate of drug-likeness (QED) is 0.680. The second-order valence-electron chi connectivity index (χ2n) is 9.42. The van der Waals surface area contributed by atoms with Gasteiger partial charge in [-0.05, 0) is 55.2 Å². The molecule has 3 aliphatic heterocycles. The van der Waals surface area contributed by atoms with Crippen molar-refractivity contribution >= 4 is 45.8 Å². The molecule has 0 bridgehead atoms. The van der Waals surface area contributed by atoms with Crippen LogP contribution in [0.1, 0.15) is 49.4 Å². The zero-order valence-electron chi connectivity index (χ0n) is 18.5. The van der Waals surface area contributed by atoms with Crippen molar-refractivity contribution in [2.24, 2.45) is 11.8 Å². The van der Waals surface area contributed by atoms with Crippen LogP contribution in [-0.2, 0) is 14.4 Å². The van der Waals surface area contributed by atoms with Gasteiger partial charge in [0.1, 0.15) is 6.04 Å². The Hall–Kier alpha value is -3.42. The first-order valence-corrected chi connectivity index (χ1v) is 11.5. The van der Waals surface area contributed by atoms with Crippen LogP contribution in [0.15, 0.2) is 30.3 Å². The number of carboxylic acids is 1. The fraction of sp³-hybridized carbons (Fsp3) is 0.440. The number of carbonyl (C=O) groups is 4. The average Bonchev–Trinajstić information content (AvgIpc) is 3.07. The minimum atomic E-state index is -0.745. The van der Waals surface area contributed by atoms with E-state index in [-0.39, 0.29) is 24.2 Å². The maximum atomic E-state index is 13.5. The first-order valence-electron chi connectivity index (χ1n) is 11.5. The number of aliphatic carboxylic acids is 1. The van der Waals surface area contributed by atoms with Crippen LogP contribution >= 0.6 is 0 Å². The molecule has 0 aliphatic carbocycles. The number of imide groups is 1. The van der Waals surface area contributed by atoms with E-state index >= 15 is 0 Å². The number of hydrogen-bond acceptors (Lipinski definition) is 5. The molecule has 8 nitrogen and oxygen atoms in total. The standard InChI is InChI=1S/C25H27N3O5/c1-14(25(32)33)11-15-7-9-27(10-8-15)17-12-16-3-2-4-19-22(16)18(13-17)24(31)28(19)20-5-6-21(29)26-23(20)30/h2-4,12-15,20H,5-11H2,1H3,(H,32,33)(H,26,29,30). The molecule has 3 amide bonds. The van der Waals surface area contributed by atoms with Gasteiger partial charge in [-0.2, -0.15) is 0 Å². The van der Waals surface area contributed by atoms with E-state index in [1.165, 1.54) is 0 Å². The fourth-order valence-electron chi connectivity index (χ4n) is 5.45. The summed E-state index contributed by atoms with van der Waals surface area (Å²) in [6.45, 7) is 3.39. The van der Waals surface area contributed by atoms with Gasteiger partial charge in [0.05, 0.1) is 17.2 Å². The molecule has 2 unspecified atom stereocenters. The van der Waals surface area contributed by atoms with Gasteiger partial charge in [-0.15, -0.1) is 0 Å². The van der Waals surface area contributed by atoms with E-state index in [1.807, 2.05) is 24.3 Å². The SMILES string of the molecule is CC(CC1CCN(c2cc3c4c(cccc4c2)N(C2CCC(=O)NC2=O)C3=O)CC1)C(=O)O. The number of rotatable bonds is 5. The highest BCUT2D eigenvalue weighted by molar-refractivity contribution is 6.27. The Kier molecular flexibility index (Phi) is 5.31. The fourth-order valence-corrected chi connectivity index (χ4v) is 5.45. The van der Waals surface area contributed by atoms with Gasteiger partial charge >= 0.3 is 5.97 Å². The number of piperidine rings is 2. The van der Waals surface area contributed by atoms with E-state index in [1.54, 1.807) is 11.8 Å². The number of anilines is 2. The minimum Gasteiger partial charge on any atom is -0.481 e. The molecule has 2 aromatic carbocycles. The van der Waals surface area contributed by atoms with Crippen molar-refractivity contribution < 1.29 is 24.3 Å². The molecule has 3 heterocycles. The van der Waals surface area contributed by atoms with Gasteiger partial charge in [-0.3, -0.25) is 29.4 Å². The predicted molar refractivity (Wildman–Crippen MR) is 123 cm³/mol. The Bertz CT molecular complexity index is 1170. The lowest BCUT2D eigenvalue weighted by molar-refractivity contribution is -0.141. The molecule has 5 rings (SSSR count). The van der Waals surface area contributed by atoms with Crippen molar-refractivity contribution in [1.82, 2.24) is 5.32 Å². The third-order valence-electron chi connectivity index (χ3n) is 7.26. The summed E-state index contributed by atoms with van der Waals surface area (Å²) in [5, 5.41) is 13.3. The van der Waals surface area contributed by atoms with E-state index in [0.717, 1.165) is 48.1 Å². The second-order valence-corrected chi connectivity index (χ2v) is 9.42.